The molecule has 3 nitrogen and oxygen atoms in total. The zero-order chi connectivity index (χ0) is 9.42. The summed E-state index contributed by atoms with van der Waals surface area (Å²) < 4.78 is 0. The third kappa shape index (κ3) is 1.37. The van der Waals surface area contributed by atoms with Crippen LogP contribution < -0.4 is 0 Å². The third-order valence-electron chi connectivity index (χ3n) is 2.09. The van der Waals surface area contributed by atoms with E-state index in [1.54, 1.807) is 6.92 Å². The molecule has 66 valence electrons. The number of amides is 1. The van der Waals surface area contributed by atoms with E-state index in [9.17, 15) is 4.79 Å². The van der Waals surface area contributed by atoms with Gasteiger partial charge in [-0.25, -0.2) is 4.99 Å². The monoisotopic (exact) mass is 174 g/mol. The minimum atomic E-state index is -0.242. The molecule has 1 heterocycles. The van der Waals surface area contributed by atoms with Crippen LogP contribution in [0.25, 0.3) is 0 Å². The van der Waals surface area contributed by atoms with Crippen LogP contribution in [-0.2, 0) is 4.79 Å². The van der Waals surface area contributed by atoms with Gasteiger partial charge in [0.15, 0.2) is 0 Å². The zero-order valence-corrected chi connectivity index (χ0v) is 7.61. The average molecular weight is 174 g/mol. The summed E-state index contributed by atoms with van der Waals surface area (Å²) in [6, 6.07) is 0. The molecule has 0 fully saturated rings. The number of carbonyl (C=O) groups excluding carboxylic acids is 1. The van der Waals surface area contributed by atoms with Gasteiger partial charge < -0.3 is 0 Å². The molecule has 0 saturated heterocycles. The van der Waals surface area contributed by atoms with Gasteiger partial charge in [0.25, 0.3) is 5.91 Å². The Morgan fingerprint density at radius 3 is 2.77 bits per heavy atom. The summed E-state index contributed by atoms with van der Waals surface area (Å²) in [5, 5.41) is 0. The number of nitrogens with zero attached hydrogens (tertiary/aromatic N) is 2. The van der Waals surface area contributed by atoms with Crippen molar-refractivity contribution in [1.29, 1.82) is 0 Å². The van der Waals surface area contributed by atoms with Crippen molar-refractivity contribution in [2.75, 3.05) is 0 Å². The quantitative estimate of drug-likeness (QED) is 0.549. The molecule has 0 aromatic rings. The predicted octanol–water partition coefficient (Wildman–Crippen LogP) is 1.52. The molecule has 0 aromatic heterocycles. The van der Waals surface area contributed by atoms with Gasteiger partial charge in [0, 0.05) is 0 Å². The Morgan fingerprint density at radius 2 is 2.00 bits per heavy atom. The Labute approximate surface area is 76.6 Å². The van der Waals surface area contributed by atoms with Crippen LogP contribution in [-0.4, -0.2) is 17.5 Å². The van der Waals surface area contributed by atoms with E-state index in [0.29, 0.717) is 5.84 Å². The van der Waals surface area contributed by atoms with E-state index in [2.05, 4.69) is 9.98 Å². The molecule has 1 atom stereocenters. The summed E-state index contributed by atoms with van der Waals surface area (Å²) >= 11 is 0. The molecule has 2 rings (SSSR count). The number of aliphatic imine (C=N–C) groups is 2. The summed E-state index contributed by atoms with van der Waals surface area (Å²) in [5.74, 6) is 0.203. The van der Waals surface area contributed by atoms with Gasteiger partial charge >= 0.3 is 0 Å². The van der Waals surface area contributed by atoms with Crippen LogP contribution in [0.4, 0.5) is 0 Å². The summed E-state index contributed by atoms with van der Waals surface area (Å²) in [5.41, 5.74) is 1.90. The molecule has 3 heteroatoms. The molecule has 0 saturated carbocycles. The van der Waals surface area contributed by atoms with Gasteiger partial charge in [0.1, 0.15) is 11.8 Å². The molecule has 1 unspecified atom stereocenters. The SMILES string of the molecule is CC1=CC2C(=O)N=C(C)N=C2C=C1. The lowest BCUT2D eigenvalue weighted by molar-refractivity contribution is -0.118. The van der Waals surface area contributed by atoms with E-state index in [1.807, 2.05) is 25.2 Å². The van der Waals surface area contributed by atoms with Crippen molar-refractivity contribution < 1.29 is 4.79 Å². The second-order valence-electron chi connectivity index (χ2n) is 3.26. The molecule has 1 aliphatic carbocycles. The molecule has 0 N–H and O–H groups in total. The topological polar surface area (TPSA) is 41.8 Å². The summed E-state index contributed by atoms with van der Waals surface area (Å²) in [4.78, 5) is 19.5. The number of amidine groups is 1. The van der Waals surface area contributed by atoms with Gasteiger partial charge in [-0.1, -0.05) is 17.7 Å². The van der Waals surface area contributed by atoms with Crippen LogP contribution >= 0.6 is 0 Å². The molecule has 1 aliphatic heterocycles. The maximum absolute atomic E-state index is 11.4. The molecule has 0 bridgehead atoms. The highest BCUT2D eigenvalue weighted by molar-refractivity contribution is 6.21. The largest absolute Gasteiger partial charge is 0.271 e. The Balaban J connectivity index is 2.44. The van der Waals surface area contributed by atoms with E-state index >= 15 is 0 Å². The van der Waals surface area contributed by atoms with Crippen LogP contribution in [0.3, 0.4) is 0 Å². The highest BCUT2D eigenvalue weighted by Gasteiger charge is 2.25. The summed E-state index contributed by atoms with van der Waals surface area (Å²) in [7, 11) is 0. The van der Waals surface area contributed by atoms with Crippen molar-refractivity contribution in [1.82, 2.24) is 0 Å². The smallest absolute Gasteiger partial charge is 0.260 e. The second kappa shape index (κ2) is 2.76. The predicted molar refractivity (Wildman–Crippen MR) is 51.9 cm³/mol. The van der Waals surface area contributed by atoms with Gasteiger partial charge in [0.2, 0.25) is 0 Å². The van der Waals surface area contributed by atoms with Crippen molar-refractivity contribution in [2.45, 2.75) is 13.8 Å². The van der Waals surface area contributed by atoms with Crippen molar-refractivity contribution in [3.05, 3.63) is 23.8 Å². The molecule has 0 aromatic carbocycles. The zero-order valence-electron chi connectivity index (χ0n) is 7.61. The first-order chi connectivity index (χ1) is 6.16. The van der Waals surface area contributed by atoms with E-state index in [4.69, 9.17) is 0 Å². The highest BCUT2D eigenvalue weighted by atomic mass is 16.1. The van der Waals surface area contributed by atoms with Crippen molar-refractivity contribution in [3.63, 3.8) is 0 Å². The molecule has 2 aliphatic rings. The highest BCUT2D eigenvalue weighted by Crippen LogP contribution is 2.19. The summed E-state index contributed by atoms with van der Waals surface area (Å²) in [6.07, 6.45) is 5.74. The van der Waals surface area contributed by atoms with Crippen LogP contribution in [0, 0.1) is 5.92 Å². The maximum atomic E-state index is 11.4. The fraction of sp³-hybridized carbons (Fsp3) is 0.300. The van der Waals surface area contributed by atoms with Gasteiger partial charge in [0.05, 0.1) is 5.71 Å². The van der Waals surface area contributed by atoms with Crippen molar-refractivity contribution in [3.8, 4) is 0 Å². The minimum Gasteiger partial charge on any atom is -0.271 e. The molecule has 0 radical (unpaired) electrons. The number of allylic oxidation sites excluding steroid dienone is 3. The maximum Gasteiger partial charge on any atom is 0.260 e. The lowest BCUT2D eigenvalue weighted by Gasteiger charge is -2.17. The Kier molecular flexibility index (Phi) is 1.72. The molecular formula is C10H10N2O. The first-order valence-electron chi connectivity index (χ1n) is 4.21. The van der Waals surface area contributed by atoms with Crippen molar-refractivity contribution in [2.24, 2.45) is 15.9 Å². The lowest BCUT2D eigenvalue weighted by Crippen LogP contribution is -2.26. The van der Waals surface area contributed by atoms with E-state index in [-0.39, 0.29) is 11.8 Å². The van der Waals surface area contributed by atoms with Crippen LogP contribution in [0.2, 0.25) is 0 Å². The fourth-order valence-electron chi connectivity index (χ4n) is 1.47. The number of carbonyl (C=O) groups is 1. The average Bonchev–Trinajstić information content (AvgIpc) is 2.06. The second-order valence-corrected chi connectivity index (χ2v) is 3.26. The van der Waals surface area contributed by atoms with Crippen LogP contribution in [0.15, 0.2) is 33.8 Å². The summed E-state index contributed by atoms with van der Waals surface area (Å²) in [6.45, 7) is 3.70. The number of hydrogen-bond donors (Lipinski definition) is 0. The number of hydrogen-bond acceptors (Lipinski definition) is 2. The van der Waals surface area contributed by atoms with Crippen LogP contribution in [0.1, 0.15) is 13.8 Å². The van der Waals surface area contributed by atoms with Crippen LogP contribution in [0.5, 0.6) is 0 Å². The standard InChI is InChI=1S/C10H10N2O/c1-6-3-4-9-8(5-6)10(13)12-7(2)11-9/h3-5,8H,1-2H3. The van der Waals surface area contributed by atoms with E-state index < -0.39 is 0 Å². The van der Waals surface area contributed by atoms with Crippen molar-refractivity contribution >= 4 is 17.5 Å². The molecular weight excluding hydrogens is 164 g/mol. The molecule has 13 heavy (non-hydrogen) atoms. The Morgan fingerprint density at radius 1 is 1.23 bits per heavy atom. The number of rotatable bonds is 0. The lowest BCUT2D eigenvalue weighted by atomic mass is 9.93. The number of fused-ring (bicyclic) bond motifs is 1. The Bertz CT molecular complexity index is 386. The normalized spacial score (nSPS) is 26.2. The Hall–Kier alpha value is -1.51. The first-order valence-corrected chi connectivity index (χ1v) is 4.21. The first kappa shape index (κ1) is 8.10. The van der Waals surface area contributed by atoms with Gasteiger partial charge in [-0.15, -0.1) is 0 Å². The van der Waals surface area contributed by atoms with Gasteiger partial charge in [-0.05, 0) is 19.9 Å². The molecule has 1 amide bonds. The third-order valence-corrected chi connectivity index (χ3v) is 2.09. The van der Waals surface area contributed by atoms with Gasteiger partial charge in [-0.3, -0.25) is 4.79 Å². The molecule has 0 spiro atoms. The van der Waals surface area contributed by atoms with E-state index in [1.165, 1.54) is 0 Å². The van der Waals surface area contributed by atoms with Gasteiger partial charge in [-0.2, -0.15) is 4.99 Å². The fourth-order valence-corrected chi connectivity index (χ4v) is 1.47. The minimum absolute atomic E-state index is 0.105. The van der Waals surface area contributed by atoms with E-state index in [0.717, 1.165) is 11.3 Å².